The number of aliphatic hydroxyl groups excluding tert-OH is 5. The van der Waals surface area contributed by atoms with Crippen LogP contribution in [0.5, 0.6) is 0 Å². The molecule has 7 unspecified atom stereocenters. The highest BCUT2D eigenvalue weighted by molar-refractivity contribution is 5.76. The Kier molecular flexibility index (Phi) is 41.4. The summed E-state index contributed by atoms with van der Waals surface area (Å²) < 4.78 is 11.2. The van der Waals surface area contributed by atoms with Crippen molar-refractivity contribution in [3.63, 3.8) is 0 Å². The van der Waals surface area contributed by atoms with Gasteiger partial charge in [0.15, 0.2) is 6.29 Å². The van der Waals surface area contributed by atoms with Gasteiger partial charge in [0.2, 0.25) is 5.91 Å². The number of aliphatic hydroxyl groups is 5. The third kappa shape index (κ3) is 34.0. The molecule has 370 valence electrons. The number of amides is 1. The molecule has 1 aliphatic heterocycles. The van der Waals surface area contributed by atoms with Gasteiger partial charge in [-0.15, -0.1) is 0 Å². The fraction of sp³-hybridized carbons (Fsp3) is 0.764. The zero-order valence-corrected chi connectivity index (χ0v) is 40.8. The monoisotopic (exact) mass is 900 g/mol. The Morgan fingerprint density at radius 2 is 0.984 bits per heavy atom. The van der Waals surface area contributed by atoms with Crippen LogP contribution < -0.4 is 5.32 Å². The minimum absolute atomic E-state index is 0.214. The molecule has 0 aromatic heterocycles. The predicted molar refractivity (Wildman–Crippen MR) is 267 cm³/mol. The molecule has 1 amide bonds. The van der Waals surface area contributed by atoms with Crippen LogP contribution >= 0.6 is 0 Å². The van der Waals surface area contributed by atoms with Gasteiger partial charge in [-0.05, 0) is 57.8 Å². The van der Waals surface area contributed by atoms with Crippen molar-refractivity contribution in [2.45, 2.75) is 256 Å². The van der Waals surface area contributed by atoms with E-state index in [1.807, 2.05) is 18.2 Å². The molecule has 0 spiro atoms. The van der Waals surface area contributed by atoms with Crippen LogP contribution in [0.1, 0.15) is 213 Å². The third-order valence-corrected chi connectivity index (χ3v) is 12.0. The molecule has 9 heteroatoms. The van der Waals surface area contributed by atoms with Gasteiger partial charge in [-0.25, -0.2) is 0 Å². The van der Waals surface area contributed by atoms with E-state index in [1.54, 1.807) is 6.08 Å². The summed E-state index contributed by atoms with van der Waals surface area (Å²) in [5.41, 5.74) is 0. The lowest BCUT2D eigenvalue weighted by Crippen LogP contribution is -2.60. The fourth-order valence-corrected chi connectivity index (χ4v) is 7.89. The molecule has 1 rings (SSSR count). The van der Waals surface area contributed by atoms with Gasteiger partial charge >= 0.3 is 0 Å². The summed E-state index contributed by atoms with van der Waals surface area (Å²) >= 11 is 0. The van der Waals surface area contributed by atoms with E-state index in [9.17, 15) is 30.3 Å². The number of ether oxygens (including phenoxy) is 2. The normalized spacial score (nSPS) is 20.6. The van der Waals surface area contributed by atoms with Crippen LogP contribution in [0.2, 0.25) is 0 Å². The zero-order chi connectivity index (χ0) is 46.6. The van der Waals surface area contributed by atoms with Crippen molar-refractivity contribution in [1.82, 2.24) is 5.32 Å². The number of unbranched alkanes of at least 4 members (excludes halogenated alkanes) is 23. The largest absolute Gasteiger partial charge is 0.394 e. The lowest BCUT2D eigenvalue weighted by molar-refractivity contribution is -0.302. The fourth-order valence-electron chi connectivity index (χ4n) is 7.89. The molecular formula is C55H97NO8. The lowest BCUT2D eigenvalue weighted by Gasteiger charge is -2.40. The summed E-state index contributed by atoms with van der Waals surface area (Å²) in [5.74, 6) is -0.268. The van der Waals surface area contributed by atoms with Crippen LogP contribution in [-0.4, -0.2) is 87.5 Å². The van der Waals surface area contributed by atoms with Gasteiger partial charge in [-0.1, -0.05) is 222 Å². The molecule has 1 aliphatic rings. The molecule has 0 aliphatic carbocycles. The molecule has 0 bridgehead atoms. The molecule has 1 saturated heterocycles. The molecule has 0 aromatic rings. The maximum Gasteiger partial charge on any atom is 0.220 e. The van der Waals surface area contributed by atoms with Crippen molar-refractivity contribution in [1.29, 1.82) is 0 Å². The predicted octanol–water partition coefficient (Wildman–Crippen LogP) is 12.1. The summed E-state index contributed by atoms with van der Waals surface area (Å²) in [6.07, 6.45) is 54.3. The second-order valence-corrected chi connectivity index (χ2v) is 17.9. The highest BCUT2D eigenvalue weighted by atomic mass is 16.7. The summed E-state index contributed by atoms with van der Waals surface area (Å²) in [4.78, 5) is 12.9. The molecule has 9 nitrogen and oxygen atoms in total. The summed E-state index contributed by atoms with van der Waals surface area (Å²) in [7, 11) is 0. The SMILES string of the molecule is CC/C=C\C/C=C\C/C=C\C/C=C\CCC(=O)NC(COC1OC(CO)C(O)C(O)C1O)C(O)/C=C/CC/C=C/CCCCCCCCCCCCCCCCCCCCCCCC. The van der Waals surface area contributed by atoms with Crippen molar-refractivity contribution in [2.24, 2.45) is 0 Å². The Balaban J connectivity index is 2.27. The number of carbonyl (C=O) groups is 1. The average molecular weight is 900 g/mol. The standard InChI is InChI=1S/C55H97NO8/c1-3-5-7-9-11-13-15-17-18-19-20-21-22-23-24-25-26-27-28-29-30-31-33-34-36-38-40-42-44-49(58)48(47-63-55-54(62)53(61)52(60)50(46-57)64-55)56-51(59)45-43-41-39-37-35-32-16-14-12-10-8-6-4-2/h6,8,12,14,32,34-36,39,41-42,44,48-50,52-55,57-58,60-62H,3-5,7,9-11,13,15-31,33,37-38,40,43,45-47H2,1-2H3,(H,56,59)/b8-6-,14-12-,35-32-,36-34+,41-39-,44-42+. The first-order chi connectivity index (χ1) is 31.3. The van der Waals surface area contributed by atoms with E-state index < -0.39 is 49.5 Å². The van der Waals surface area contributed by atoms with E-state index in [1.165, 1.54) is 141 Å². The summed E-state index contributed by atoms with van der Waals surface area (Å²) in [5, 5.41) is 54.2. The van der Waals surface area contributed by atoms with Gasteiger partial charge in [0, 0.05) is 6.42 Å². The van der Waals surface area contributed by atoms with Gasteiger partial charge in [-0.3, -0.25) is 4.79 Å². The minimum Gasteiger partial charge on any atom is -0.394 e. The maximum atomic E-state index is 12.9. The van der Waals surface area contributed by atoms with Crippen LogP contribution in [0.4, 0.5) is 0 Å². The topological polar surface area (TPSA) is 149 Å². The van der Waals surface area contributed by atoms with E-state index in [2.05, 4.69) is 67.8 Å². The molecule has 0 aromatic carbocycles. The quantitative estimate of drug-likeness (QED) is 0.0262. The Morgan fingerprint density at radius 1 is 0.547 bits per heavy atom. The number of carbonyl (C=O) groups excluding carboxylic acids is 1. The van der Waals surface area contributed by atoms with Crippen molar-refractivity contribution in [3.8, 4) is 0 Å². The van der Waals surface area contributed by atoms with Crippen LogP contribution in [-0.2, 0) is 14.3 Å². The Bertz CT molecular complexity index is 1230. The Labute approximate surface area is 391 Å². The lowest BCUT2D eigenvalue weighted by atomic mass is 9.99. The van der Waals surface area contributed by atoms with Gasteiger partial charge < -0.3 is 40.3 Å². The summed E-state index contributed by atoms with van der Waals surface area (Å²) in [6, 6.07) is -0.863. The van der Waals surface area contributed by atoms with E-state index in [0.717, 1.165) is 44.9 Å². The molecular weight excluding hydrogens is 803 g/mol. The Hall–Kier alpha value is -2.37. The molecule has 1 fully saturated rings. The number of hydrogen-bond acceptors (Lipinski definition) is 8. The Morgan fingerprint density at radius 3 is 1.48 bits per heavy atom. The maximum absolute atomic E-state index is 12.9. The van der Waals surface area contributed by atoms with E-state index in [0.29, 0.717) is 6.42 Å². The smallest absolute Gasteiger partial charge is 0.220 e. The third-order valence-electron chi connectivity index (χ3n) is 12.0. The highest BCUT2D eigenvalue weighted by Crippen LogP contribution is 2.23. The van der Waals surface area contributed by atoms with Crippen LogP contribution in [0.3, 0.4) is 0 Å². The molecule has 64 heavy (non-hydrogen) atoms. The summed E-state index contributed by atoms with van der Waals surface area (Å²) in [6.45, 7) is 3.60. The van der Waals surface area contributed by atoms with Crippen LogP contribution in [0.25, 0.3) is 0 Å². The molecule has 7 atom stereocenters. The molecule has 0 saturated carbocycles. The van der Waals surface area contributed by atoms with Gasteiger partial charge in [0.05, 0.1) is 25.4 Å². The van der Waals surface area contributed by atoms with Crippen molar-refractivity contribution < 1.29 is 39.8 Å². The average Bonchev–Trinajstić information content (AvgIpc) is 3.29. The zero-order valence-electron chi connectivity index (χ0n) is 40.8. The van der Waals surface area contributed by atoms with Crippen LogP contribution in [0.15, 0.2) is 72.9 Å². The highest BCUT2D eigenvalue weighted by Gasteiger charge is 2.44. The van der Waals surface area contributed by atoms with Gasteiger partial charge in [0.1, 0.15) is 24.4 Å². The first-order valence-corrected chi connectivity index (χ1v) is 26.2. The number of allylic oxidation sites excluding steroid dienone is 11. The minimum atomic E-state index is -1.59. The van der Waals surface area contributed by atoms with Crippen molar-refractivity contribution in [3.05, 3.63) is 72.9 Å². The second kappa shape index (κ2) is 44.5. The number of nitrogens with one attached hydrogen (secondary N) is 1. The van der Waals surface area contributed by atoms with E-state index in [-0.39, 0.29) is 18.9 Å². The van der Waals surface area contributed by atoms with Gasteiger partial charge in [0.25, 0.3) is 0 Å². The number of rotatable bonds is 43. The van der Waals surface area contributed by atoms with E-state index in [4.69, 9.17) is 9.47 Å². The van der Waals surface area contributed by atoms with Crippen LogP contribution in [0, 0.1) is 0 Å². The second-order valence-electron chi connectivity index (χ2n) is 17.9. The van der Waals surface area contributed by atoms with Crippen molar-refractivity contribution >= 4 is 5.91 Å². The van der Waals surface area contributed by atoms with Gasteiger partial charge in [-0.2, -0.15) is 0 Å². The van der Waals surface area contributed by atoms with E-state index >= 15 is 0 Å². The molecule has 1 heterocycles. The number of hydrogen-bond donors (Lipinski definition) is 6. The first-order valence-electron chi connectivity index (χ1n) is 26.2. The molecule has 6 N–H and O–H groups in total. The van der Waals surface area contributed by atoms with Crippen molar-refractivity contribution in [2.75, 3.05) is 13.2 Å². The molecule has 0 radical (unpaired) electrons. The first kappa shape index (κ1) is 59.6.